The molecule has 1 atom stereocenters. The van der Waals surface area contributed by atoms with Crippen LogP contribution in [-0.2, 0) is 21.0 Å². The molecular formula is C14H13F5O5S. The van der Waals surface area contributed by atoms with Gasteiger partial charge >= 0.3 is 5.51 Å². The Morgan fingerprint density at radius 1 is 1.28 bits per heavy atom. The normalized spacial score (nSPS) is 23.2. The zero-order valence-corrected chi connectivity index (χ0v) is 13.3. The fraction of sp³-hybridized carbons (Fsp3) is 0.571. The van der Waals surface area contributed by atoms with Crippen LogP contribution in [0, 0.1) is 5.92 Å². The molecule has 0 bridgehead atoms. The highest BCUT2D eigenvalue weighted by atomic mass is 32.2. The molecule has 1 saturated heterocycles. The van der Waals surface area contributed by atoms with E-state index in [1.807, 2.05) is 0 Å². The number of sulfone groups is 1. The first kappa shape index (κ1) is 18.3. The lowest BCUT2D eigenvalue weighted by Gasteiger charge is -2.26. The molecular weight excluding hydrogens is 375 g/mol. The fourth-order valence-corrected chi connectivity index (χ4v) is 3.75. The van der Waals surface area contributed by atoms with E-state index in [4.69, 9.17) is 9.47 Å². The number of hydrogen-bond donors (Lipinski definition) is 1. The number of ether oxygens (including phenoxy) is 2. The van der Waals surface area contributed by atoms with E-state index in [0.717, 1.165) is 6.07 Å². The summed E-state index contributed by atoms with van der Waals surface area (Å²) in [6.45, 7) is 0.891. The number of aliphatic hydroxyl groups is 1. The zero-order chi connectivity index (χ0) is 18.6. The van der Waals surface area contributed by atoms with Gasteiger partial charge in [-0.15, -0.1) is 0 Å². The van der Waals surface area contributed by atoms with E-state index in [0.29, 0.717) is 19.3 Å². The molecule has 2 aliphatic rings. The number of halogens is 5. The van der Waals surface area contributed by atoms with E-state index < -0.39 is 49.8 Å². The summed E-state index contributed by atoms with van der Waals surface area (Å²) in [6, 6.07) is 1.45. The van der Waals surface area contributed by atoms with Crippen molar-refractivity contribution in [2.75, 3.05) is 19.8 Å². The van der Waals surface area contributed by atoms with Crippen molar-refractivity contribution in [3.05, 3.63) is 23.3 Å². The molecule has 0 spiro atoms. The van der Waals surface area contributed by atoms with Crippen LogP contribution < -0.4 is 4.74 Å². The average Bonchev–Trinajstić information content (AvgIpc) is 2.67. The van der Waals surface area contributed by atoms with Gasteiger partial charge in [-0.3, -0.25) is 0 Å². The van der Waals surface area contributed by atoms with Gasteiger partial charge in [0.25, 0.3) is 15.8 Å². The average molecular weight is 388 g/mol. The number of alkyl halides is 5. The van der Waals surface area contributed by atoms with Crippen molar-refractivity contribution in [2.24, 2.45) is 5.92 Å². The standard InChI is InChI=1S/C14H13F5O5S/c15-13(16)3-8-9(24-6-7-4-23-5-7)1-2-10(11(8)12(13)20)25(21,22)14(17,18)19/h1-2,7,12,20H,3-6H2/t12-/m0/s1. The van der Waals surface area contributed by atoms with Crippen LogP contribution in [0.25, 0.3) is 0 Å². The number of aliphatic hydroxyl groups excluding tert-OH is 1. The highest BCUT2D eigenvalue weighted by Gasteiger charge is 2.55. The molecule has 1 aromatic rings. The van der Waals surface area contributed by atoms with Crippen LogP contribution in [0.3, 0.4) is 0 Å². The summed E-state index contributed by atoms with van der Waals surface area (Å²) < 4.78 is 99.7. The van der Waals surface area contributed by atoms with Gasteiger partial charge in [-0.05, 0) is 12.1 Å². The Labute approximate surface area is 139 Å². The third-order valence-electron chi connectivity index (χ3n) is 4.14. The Kier molecular flexibility index (Phi) is 4.24. The molecule has 5 nitrogen and oxygen atoms in total. The lowest BCUT2D eigenvalue weighted by atomic mass is 10.1. The van der Waals surface area contributed by atoms with Crippen molar-refractivity contribution in [3.8, 4) is 5.75 Å². The molecule has 1 aliphatic carbocycles. The molecule has 0 amide bonds. The summed E-state index contributed by atoms with van der Waals surface area (Å²) in [7, 11) is -5.90. The maximum absolute atomic E-state index is 13.8. The number of fused-ring (bicyclic) bond motifs is 1. The van der Waals surface area contributed by atoms with Gasteiger partial charge in [-0.2, -0.15) is 13.2 Å². The van der Waals surface area contributed by atoms with E-state index in [9.17, 15) is 35.5 Å². The Morgan fingerprint density at radius 2 is 1.92 bits per heavy atom. The fourth-order valence-electron chi connectivity index (χ4n) is 2.73. The van der Waals surface area contributed by atoms with Crippen molar-refractivity contribution in [3.63, 3.8) is 0 Å². The second-order valence-electron chi connectivity index (χ2n) is 5.96. The molecule has 11 heteroatoms. The van der Waals surface area contributed by atoms with Crippen LogP contribution in [0.2, 0.25) is 0 Å². The SMILES string of the molecule is O=S(=O)(c1ccc(OCC2COC2)c2c1[C@H](O)C(F)(F)C2)C(F)(F)F. The van der Waals surface area contributed by atoms with Crippen LogP contribution >= 0.6 is 0 Å². The summed E-state index contributed by atoms with van der Waals surface area (Å²) in [4.78, 5) is -1.38. The third-order valence-corrected chi connectivity index (χ3v) is 5.68. The molecule has 140 valence electrons. The first-order valence-electron chi connectivity index (χ1n) is 7.18. The first-order valence-corrected chi connectivity index (χ1v) is 8.67. The highest BCUT2D eigenvalue weighted by molar-refractivity contribution is 7.92. The molecule has 3 rings (SSSR count). The first-order chi connectivity index (χ1) is 11.4. The Balaban J connectivity index is 2.07. The van der Waals surface area contributed by atoms with Gasteiger partial charge in [0.05, 0.1) is 24.7 Å². The molecule has 0 radical (unpaired) electrons. The van der Waals surface area contributed by atoms with Crippen molar-refractivity contribution in [1.29, 1.82) is 0 Å². The Bertz CT molecular complexity index is 786. The summed E-state index contributed by atoms with van der Waals surface area (Å²) in [5.74, 6) is -3.95. The minimum atomic E-state index is -5.90. The van der Waals surface area contributed by atoms with Crippen LogP contribution in [0.4, 0.5) is 22.0 Å². The third kappa shape index (κ3) is 2.97. The minimum Gasteiger partial charge on any atom is -0.493 e. The van der Waals surface area contributed by atoms with Gasteiger partial charge < -0.3 is 14.6 Å². The van der Waals surface area contributed by atoms with Crippen molar-refractivity contribution in [1.82, 2.24) is 0 Å². The quantitative estimate of drug-likeness (QED) is 0.801. The molecule has 0 unspecified atom stereocenters. The maximum atomic E-state index is 13.8. The lowest BCUT2D eigenvalue weighted by Crippen LogP contribution is -2.32. The Morgan fingerprint density at radius 3 is 2.44 bits per heavy atom. The summed E-state index contributed by atoms with van der Waals surface area (Å²) in [5, 5.41) is 9.72. The predicted octanol–water partition coefficient (Wildman–Crippen LogP) is 2.23. The highest BCUT2D eigenvalue weighted by Crippen LogP contribution is 2.50. The van der Waals surface area contributed by atoms with Crippen molar-refractivity contribution >= 4 is 9.84 Å². The summed E-state index contributed by atoms with van der Waals surface area (Å²) in [5.41, 5.74) is -7.06. The second kappa shape index (κ2) is 5.78. The van der Waals surface area contributed by atoms with E-state index in [1.54, 1.807) is 0 Å². The van der Waals surface area contributed by atoms with E-state index in [1.165, 1.54) is 0 Å². The van der Waals surface area contributed by atoms with Gasteiger partial charge in [-0.1, -0.05) is 0 Å². The van der Waals surface area contributed by atoms with E-state index >= 15 is 0 Å². The number of benzene rings is 1. The number of rotatable bonds is 4. The van der Waals surface area contributed by atoms with Crippen LogP contribution in [0.5, 0.6) is 5.75 Å². The predicted molar refractivity (Wildman–Crippen MR) is 73.1 cm³/mol. The van der Waals surface area contributed by atoms with Crippen LogP contribution in [0.15, 0.2) is 17.0 Å². The zero-order valence-electron chi connectivity index (χ0n) is 12.5. The maximum Gasteiger partial charge on any atom is 0.501 e. The summed E-state index contributed by atoms with van der Waals surface area (Å²) in [6.07, 6.45) is -3.77. The molecule has 1 fully saturated rings. The number of hydrogen-bond acceptors (Lipinski definition) is 5. The van der Waals surface area contributed by atoms with Crippen molar-refractivity contribution in [2.45, 2.75) is 28.9 Å². The Hall–Kier alpha value is -1.46. The smallest absolute Gasteiger partial charge is 0.493 e. The van der Waals surface area contributed by atoms with E-state index in [2.05, 4.69) is 0 Å². The largest absolute Gasteiger partial charge is 0.501 e. The van der Waals surface area contributed by atoms with Crippen molar-refractivity contribution < 1.29 is 45.0 Å². The van der Waals surface area contributed by atoms with E-state index in [-0.39, 0.29) is 18.3 Å². The minimum absolute atomic E-state index is 0.0149. The molecule has 1 aromatic carbocycles. The molecule has 25 heavy (non-hydrogen) atoms. The molecule has 1 aliphatic heterocycles. The van der Waals surface area contributed by atoms with Gasteiger partial charge in [0.2, 0.25) is 0 Å². The van der Waals surface area contributed by atoms with Gasteiger partial charge in [0.1, 0.15) is 11.9 Å². The van der Waals surface area contributed by atoms with Gasteiger partial charge in [-0.25, -0.2) is 17.2 Å². The molecule has 1 N–H and O–H groups in total. The molecule has 0 aromatic heterocycles. The van der Waals surface area contributed by atoms with Crippen LogP contribution in [0.1, 0.15) is 17.2 Å². The second-order valence-corrected chi connectivity index (χ2v) is 7.87. The van der Waals surface area contributed by atoms with Crippen LogP contribution in [-0.4, -0.2) is 44.8 Å². The molecule has 0 saturated carbocycles. The lowest BCUT2D eigenvalue weighted by molar-refractivity contribution is -0.0979. The van der Waals surface area contributed by atoms with Gasteiger partial charge in [0.15, 0.2) is 0 Å². The topological polar surface area (TPSA) is 72.8 Å². The summed E-state index contributed by atoms with van der Waals surface area (Å²) >= 11 is 0. The molecule has 1 heterocycles. The van der Waals surface area contributed by atoms with Gasteiger partial charge in [0, 0.05) is 23.5 Å². The monoisotopic (exact) mass is 388 g/mol.